The Morgan fingerprint density at radius 2 is 2.26 bits per heavy atom. The molecule has 1 heterocycles. The number of hydrogen-bond acceptors (Lipinski definition) is 3. The first-order valence-electron chi connectivity index (χ1n) is 6.20. The summed E-state index contributed by atoms with van der Waals surface area (Å²) in [5.41, 5.74) is 0.911. The fourth-order valence-electron chi connectivity index (χ4n) is 2.10. The standard InChI is InChI=1S/C13H16Cl2N2O2/c14-10-3-1-2-8(12(10)15)4-5-16-13(19)11-6-9(18)7-17-11/h1-3,9,11,17-18H,4-7H2,(H,16,19)/t9-,11+/m1/s1. The smallest absolute Gasteiger partial charge is 0.237 e. The van der Waals surface area contributed by atoms with Crippen LogP contribution in [-0.4, -0.2) is 36.2 Å². The third kappa shape index (κ3) is 3.83. The van der Waals surface area contributed by atoms with E-state index in [4.69, 9.17) is 23.2 Å². The molecule has 2 atom stereocenters. The maximum absolute atomic E-state index is 11.8. The van der Waals surface area contributed by atoms with Gasteiger partial charge in [-0.3, -0.25) is 4.79 Å². The van der Waals surface area contributed by atoms with Crippen molar-refractivity contribution in [3.8, 4) is 0 Å². The molecule has 2 rings (SSSR count). The van der Waals surface area contributed by atoms with Crippen molar-refractivity contribution in [2.45, 2.75) is 25.0 Å². The zero-order valence-electron chi connectivity index (χ0n) is 10.3. The van der Waals surface area contributed by atoms with E-state index in [0.717, 1.165) is 5.56 Å². The second-order valence-corrected chi connectivity index (χ2v) is 5.39. The van der Waals surface area contributed by atoms with Gasteiger partial charge in [0.2, 0.25) is 5.91 Å². The Morgan fingerprint density at radius 3 is 2.95 bits per heavy atom. The number of rotatable bonds is 4. The van der Waals surface area contributed by atoms with Crippen molar-refractivity contribution in [1.29, 1.82) is 0 Å². The van der Waals surface area contributed by atoms with Crippen LogP contribution in [0.15, 0.2) is 18.2 Å². The van der Waals surface area contributed by atoms with E-state index in [1.54, 1.807) is 6.07 Å². The lowest BCUT2D eigenvalue weighted by molar-refractivity contribution is -0.122. The summed E-state index contributed by atoms with van der Waals surface area (Å²) in [5, 5.41) is 16.2. The topological polar surface area (TPSA) is 61.4 Å². The molecule has 1 aliphatic rings. The summed E-state index contributed by atoms with van der Waals surface area (Å²) < 4.78 is 0. The van der Waals surface area contributed by atoms with Crippen LogP contribution in [0.25, 0.3) is 0 Å². The molecular weight excluding hydrogens is 287 g/mol. The van der Waals surface area contributed by atoms with Gasteiger partial charge in [-0.1, -0.05) is 35.3 Å². The average Bonchev–Trinajstić information content (AvgIpc) is 2.81. The summed E-state index contributed by atoms with van der Waals surface area (Å²) in [6.45, 7) is 0.964. The quantitative estimate of drug-likeness (QED) is 0.787. The van der Waals surface area contributed by atoms with E-state index in [1.807, 2.05) is 12.1 Å². The van der Waals surface area contributed by atoms with Gasteiger partial charge in [-0.25, -0.2) is 0 Å². The molecule has 19 heavy (non-hydrogen) atoms. The van der Waals surface area contributed by atoms with Crippen LogP contribution in [0.5, 0.6) is 0 Å². The zero-order chi connectivity index (χ0) is 13.8. The summed E-state index contributed by atoms with van der Waals surface area (Å²) >= 11 is 12.0. The molecular formula is C13H16Cl2N2O2. The fraction of sp³-hybridized carbons (Fsp3) is 0.462. The number of aliphatic hydroxyl groups is 1. The summed E-state index contributed by atoms with van der Waals surface area (Å²) in [7, 11) is 0. The zero-order valence-corrected chi connectivity index (χ0v) is 11.8. The summed E-state index contributed by atoms with van der Waals surface area (Å²) in [6, 6.07) is 5.15. The van der Waals surface area contributed by atoms with Gasteiger partial charge in [0.25, 0.3) is 0 Å². The lowest BCUT2D eigenvalue weighted by Crippen LogP contribution is -2.41. The van der Waals surface area contributed by atoms with Crippen LogP contribution in [0.1, 0.15) is 12.0 Å². The maximum Gasteiger partial charge on any atom is 0.237 e. The second-order valence-electron chi connectivity index (χ2n) is 4.60. The van der Waals surface area contributed by atoms with E-state index in [9.17, 15) is 9.90 Å². The molecule has 1 aromatic rings. The summed E-state index contributed by atoms with van der Waals surface area (Å²) in [4.78, 5) is 11.8. The van der Waals surface area contributed by atoms with Crippen molar-refractivity contribution in [2.24, 2.45) is 0 Å². The predicted molar refractivity (Wildman–Crippen MR) is 75.6 cm³/mol. The highest BCUT2D eigenvalue weighted by molar-refractivity contribution is 6.42. The molecule has 0 spiro atoms. The molecule has 0 unspecified atom stereocenters. The van der Waals surface area contributed by atoms with E-state index in [1.165, 1.54) is 0 Å². The largest absolute Gasteiger partial charge is 0.392 e. The molecule has 1 saturated heterocycles. The molecule has 0 aromatic heterocycles. The van der Waals surface area contributed by atoms with Gasteiger partial charge < -0.3 is 15.7 Å². The van der Waals surface area contributed by atoms with Crippen molar-refractivity contribution in [3.05, 3.63) is 33.8 Å². The van der Waals surface area contributed by atoms with Gasteiger partial charge in [-0.05, 0) is 24.5 Å². The van der Waals surface area contributed by atoms with E-state index in [0.29, 0.717) is 36.0 Å². The van der Waals surface area contributed by atoms with Gasteiger partial charge in [0, 0.05) is 13.1 Å². The van der Waals surface area contributed by atoms with Crippen LogP contribution in [0.2, 0.25) is 10.0 Å². The Kier molecular flexibility index (Phi) is 5.05. The molecule has 6 heteroatoms. The monoisotopic (exact) mass is 302 g/mol. The van der Waals surface area contributed by atoms with Crippen molar-refractivity contribution < 1.29 is 9.90 Å². The Labute approximate surface area is 122 Å². The van der Waals surface area contributed by atoms with Crippen molar-refractivity contribution >= 4 is 29.1 Å². The SMILES string of the molecule is O=C(NCCc1cccc(Cl)c1Cl)[C@@H]1C[C@@H](O)CN1. The number of aliphatic hydroxyl groups excluding tert-OH is 1. The normalized spacial score (nSPS) is 22.5. The molecule has 0 radical (unpaired) electrons. The molecule has 0 saturated carbocycles. The molecule has 1 amide bonds. The van der Waals surface area contributed by atoms with Crippen molar-refractivity contribution in [3.63, 3.8) is 0 Å². The Hall–Kier alpha value is -0.810. The molecule has 1 fully saturated rings. The van der Waals surface area contributed by atoms with Gasteiger partial charge in [0.1, 0.15) is 0 Å². The first-order chi connectivity index (χ1) is 9.08. The number of halogens is 2. The number of carbonyl (C=O) groups is 1. The third-order valence-electron chi connectivity index (χ3n) is 3.15. The van der Waals surface area contributed by atoms with Gasteiger partial charge in [-0.15, -0.1) is 0 Å². The second kappa shape index (κ2) is 6.57. The fourth-order valence-corrected chi connectivity index (χ4v) is 2.52. The van der Waals surface area contributed by atoms with Gasteiger partial charge in [0.05, 0.1) is 22.2 Å². The van der Waals surface area contributed by atoms with Gasteiger partial charge >= 0.3 is 0 Å². The highest BCUT2D eigenvalue weighted by Crippen LogP contribution is 2.25. The van der Waals surface area contributed by atoms with Crippen LogP contribution < -0.4 is 10.6 Å². The number of nitrogens with one attached hydrogen (secondary N) is 2. The number of hydrogen-bond donors (Lipinski definition) is 3. The maximum atomic E-state index is 11.8. The highest BCUT2D eigenvalue weighted by Gasteiger charge is 2.27. The average molecular weight is 303 g/mol. The van der Waals surface area contributed by atoms with Crippen LogP contribution in [-0.2, 0) is 11.2 Å². The first-order valence-corrected chi connectivity index (χ1v) is 6.95. The Bertz CT molecular complexity index is 468. The molecule has 0 bridgehead atoms. The van der Waals surface area contributed by atoms with E-state index in [2.05, 4.69) is 10.6 Å². The Balaban J connectivity index is 1.80. The van der Waals surface area contributed by atoms with Gasteiger partial charge in [-0.2, -0.15) is 0 Å². The van der Waals surface area contributed by atoms with Crippen LogP contribution in [0.3, 0.4) is 0 Å². The van der Waals surface area contributed by atoms with Gasteiger partial charge in [0.15, 0.2) is 0 Å². The molecule has 4 nitrogen and oxygen atoms in total. The molecule has 3 N–H and O–H groups in total. The van der Waals surface area contributed by atoms with Crippen LogP contribution in [0.4, 0.5) is 0 Å². The molecule has 1 aliphatic heterocycles. The van der Waals surface area contributed by atoms with Crippen molar-refractivity contribution in [2.75, 3.05) is 13.1 Å². The van der Waals surface area contributed by atoms with Crippen LogP contribution >= 0.6 is 23.2 Å². The predicted octanol–water partition coefficient (Wildman–Crippen LogP) is 1.37. The summed E-state index contributed by atoms with van der Waals surface area (Å²) in [6.07, 6.45) is 0.655. The molecule has 1 aromatic carbocycles. The Morgan fingerprint density at radius 1 is 1.47 bits per heavy atom. The molecule has 104 valence electrons. The number of β-amino-alcohol motifs (C(OH)–C–C–N with tert-alkyl or cyclic N) is 1. The van der Waals surface area contributed by atoms with E-state index in [-0.39, 0.29) is 11.9 Å². The van der Waals surface area contributed by atoms with Crippen molar-refractivity contribution in [1.82, 2.24) is 10.6 Å². The van der Waals surface area contributed by atoms with Crippen LogP contribution in [0, 0.1) is 0 Å². The molecule has 0 aliphatic carbocycles. The minimum absolute atomic E-state index is 0.0882. The van der Waals surface area contributed by atoms with E-state index >= 15 is 0 Å². The minimum Gasteiger partial charge on any atom is -0.392 e. The third-order valence-corrected chi connectivity index (χ3v) is 4.01. The summed E-state index contributed by atoms with van der Waals surface area (Å²) in [5.74, 6) is -0.0882. The minimum atomic E-state index is -0.432. The highest BCUT2D eigenvalue weighted by atomic mass is 35.5. The number of benzene rings is 1. The number of carbonyl (C=O) groups excluding carboxylic acids is 1. The lowest BCUT2D eigenvalue weighted by atomic mass is 10.1. The lowest BCUT2D eigenvalue weighted by Gasteiger charge is -2.11. The van der Waals surface area contributed by atoms with E-state index < -0.39 is 6.10 Å². The first kappa shape index (κ1) is 14.6. The number of amides is 1.